The molecule has 18 heavy (non-hydrogen) atoms. The lowest BCUT2D eigenvalue weighted by molar-refractivity contribution is -0.384. The second-order valence-electron chi connectivity index (χ2n) is 4.01. The van der Waals surface area contributed by atoms with Gasteiger partial charge in [-0.15, -0.1) is 0 Å². The number of nitrogens with one attached hydrogen (secondary N) is 1. The van der Waals surface area contributed by atoms with E-state index >= 15 is 0 Å². The average Bonchev–Trinajstić information content (AvgIpc) is 2.36. The number of hydrogen-bond donors (Lipinski definition) is 1. The molecule has 0 heterocycles. The molecule has 0 aromatic heterocycles. The Morgan fingerprint density at radius 2 is 2.00 bits per heavy atom. The van der Waals surface area contributed by atoms with Gasteiger partial charge in [-0.3, -0.25) is 10.1 Å². The summed E-state index contributed by atoms with van der Waals surface area (Å²) in [5, 5.41) is 13.2. The van der Waals surface area contributed by atoms with Crippen LogP contribution in [0.15, 0.2) is 24.3 Å². The number of benzene rings is 1. The molecule has 1 rings (SSSR count). The standard InChI is InChI=1S/C12H17N3O3/c1-3-4-9-14(2)12(16)13-10-5-7-11(8-6-10)15(17)18/h5-8H,3-4,9H2,1-2H3,(H,13,16). The first-order chi connectivity index (χ1) is 8.54. The zero-order chi connectivity index (χ0) is 13.5. The summed E-state index contributed by atoms with van der Waals surface area (Å²) < 4.78 is 0. The van der Waals surface area contributed by atoms with E-state index in [1.54, 1.807) is 11.9 Å². The minimum atomic E-state index is -0.473. The molecule has 0 bridgehead atoms. The van der Waals surface area contributed by atoms with E-state index < -0.39 is 4.92 Å². The summed E-state index contributed by atoms with van der Waals surface area (Å²) in [4.78, 5) is 23.3. The number of rotatable bonds is 5. The maximum absolute atomic E-state index is 11.7. The number of carbonyl (C=O) groups excluding carboxylic acids is 1. The van der Waals surface area contributed by atoms with Crippen molar-refractivity contribution >= 4 is 17.4 Å². The van der Waals surface area contributed by atoms with Crippen molar-refractivity contribution in [1.29, 1.82) is 0 Å². The van der Waals surface area contributed by atoms with Gasteiger partial charge in [-0.2, -0.15) is 0 Å². The fourth-order valence-corrected chi connectivity index (χ4v) is 1.38. The van der Waals surface area contributed by atoms with Crippen LogP contribution in [0.2, 0.25) is 0 Å². The number of anilines is 1. The number of amides is 2. The molecule has 1 aromatic rings. The van der Waals surface area contributed by atoms with Crippen molar-refractivity contribution in [3.8, 4) is 0 Å². The Hall–Kier alpha value is -2.11. The molecule has 98 valence electrons. The predicted octanol–water partition coefficient (Wildman–Crippen LogP) is 2.86. The molecule has 6 heteroatoms. The molecule has 0 atom stereocenters. The number of nitro groups is 1. The molecular formula is C12H17N3O3. The van der Waals surface area contributed by atoms with Gasteiger partial charge in [0.05, 0.1) is 4.92 Å². The number of unbranched alkanes of at least 4 members (excludes halogenated alkanes) is 1. The van der Waals surface area contributed by atoms with Crippen molar-refractivity contribution in [1.82, 2.24) is 4.90 Å². The maximum atomic E-state index is 11.7. The lowest BCUT2D eigenvalue weighted by Gasteiger charge is -2.17. The first-order valence-electron chi connectivity index (χ1n) is 5.81. The highest BCUT2D eigenvalue weighted by Gasteiger charge is 2.09. The molecule has 0 saturated heterocycles. The SMILES string of the molecule is CCCCN(C)C(=O)Nc1ccc([N+](=O)[O-])cc1. The van der Waals surface area contributed by atoms with E-state index in [4.69, 9.17) is 0 Å². The molecule has 0 radical (unpaired) electrons. The van der Waals surface area contributed by atoms with E-state index in [2.05, 4.69) is 12.2 Å². The highest BCUT2D eigenvalue weighted by atomic mass is 16.6. The van der Waals surface area contributed by atoms with Crippen LogP contribution in [0.4, 0.5) is 16.2 Å². The normalized spacial score (nSPS) is 9.89. The van der Waals surface area contributed by atoms with Crippen LogP contribution >= 0.6 is 0 Å². The molecule has 0 aliphatic rings. The smallest absolute Gasteiger partial charge is 0.321 e. The number of nitro benzene ring substituents is 1. The van der Waals surface area contributed by atoms with Gasteiger partial charge in [0, 0.05) is 31.4 Å². The van der Waals surface area contributed by atoms with E-state index in [-0.39, 0.29) is 11.7 Å². The summed E-state index contributed by atoms with van der Waals surface area (Å²) in [5.41, 5.74) is 0.557. The van der Waals surface area contributed by atoms with Gasteiger partial charge in [0.15, 0.2) is 0 Å². The molecule has 2 amide bonds. The minimum absolute atomic E-state index is 0.00679. The molecule has 0 spiro atoms. The molecule has 1 N–H and O–H groups in total. The average molecular weight is 251 g/mol. The van der Waals surface area contributed by atoms with Gasteiger partial charge < -0.3 is 10.2 Å². The lowest BCUT2D eigenvalue weighted by atomic mass is 10.3. The first kappa shape index (κ1) is 14.0. The van der Waals surface area contributed by atoms with Gasteiger partial charge >= 0.3 is 6.03 Å². The van der Waals surface area contributed by atoms with Crippen LogP contribution in [-0.4, -0.2) is 29.4 Å². The van der Waals surface area contributed by atoms with Gasteiger partial charge in [-0.25, -0.2) is 4.79 Å². The van der Waals surface area contributed by atoms with Crippen LogP contribution in [0.1, 0.15) is 19.8 Å². The van der Waals surface area contributed by atoms with Crippen LogP contribution in [-0.2, 0) is 0 Å². The lowest BCUT2D eigenvalue weighted by Crippen LogP contribution is -2.32. The Labute approximate surface area is 106 Å². The van der Waals surface area contributed by atoms with Gasteiger partial charge in [0.1, 0.15) is 0 Å². The summed E-state index contributed by atoms with van der Waals surface area (Å²) in [6.07, 6.45) is 1.97. The maximum Gasteiger partial charge on any atom is 0.321 e. The monoisotopic (exact) mass is 251 g/mol. The molecule has 0 aliphatic carbocycles. The van der Waals surface area contributed by atoms with Crippen molar-refractivity contribution < 1.29 is 9.72 Å². The predicted molar refractivity (Wildman–Crippen MR) is 69.7 cm³/mol. The van der Waals surface area contributed by atoms with E-state index in [9.17, 15) is 14.9 Å². The third-order valence-corrected chi connectivity index (χ3v) is 2.52. The van der Waals surface area contributed by atoms with Crippen molar-refractivity contribution in [3.63, 3.8) is 0 Å². The molecule has 0 unspecified atom stereocenters. The summed E-state index contributed by atoms with van der Waals surface area (Å²) >= 11 is 0. The molecular weight excluding hydrogens is 234 g/mol. The van der Waals surface area contributed by atoms with Crippen molar-refractivity contribution in [3.05, 3.63) is 34.4 Å². The molecule has 0 saturated carbocycles. The summed E-state index contributed by atoms with van der Waals surface area (Å²) in [5.74, 6) is 0. The highest BCUT2D eigenvalue weighted by molar-refractivity contribution is 5.89. The van der Waals surface area contributed by atoms with E-state index in [1.165, 1.54) is 24.3 Å². The molecule has 0 fully saturated rings. The van der Waals surface area contributed by atoms with Crippen molar-refractivity contribution in [2.24, 2.45) is 0 Å². The van der Waals surface area contributed by atoms with Crippen LogP contribution < -0.4 is 5.32 Å². The third kappa shape index (κ3) is 4.04. The van der Waals surface area contributed by atoms with Gasteiger partial charge in [-0.1, -0.05) is 13.3 Å². The number of non-ortho nitro benzene ring substituents is 1. The number of urea groups is 1. The van der Waals surface area contributed by atoms with Gasteiger partial charge in [0.25, 0.3) is 5.69 Å². The van der Waals surface area contributed by atoms with Crippen LogP contribution in [0, 0.1) is 10.1 Å². The zero-order valence-electron chi connectivity index (χ0n) is 10.5. The van der Waals surface area contributed by atoms with Crippen LogP contribution in [0.25, 0.3) is 0 Å². The fraction of sp³-hybridized carbons (Fsp3) is 0.417. The van der Waals surface area contributed by atoms with E-state index in [0.717, 1.165) is 12.8 Å². The Kier molecular flexibility index (Phi) is 5.10. The minimum Gasteiger partial charge on any atom is -0.328 e. The van der Waals surface area contributed by atoms with Crippen LogP contribution in [0.3, 0.4) is 0 Å². The summed E-state index contributed by atoms with van der Waals surface area (Å²) in [6.45, 7) is 2.75. The molecule has 0 aliphatic heterocycles. The molecule has 6 nitrogen and oxygen atoms in total. The topological polar surface area (TPSA) is 75.5 Å². The number of hydrogen-bond acceptors (Lipinski definition) is 3. The Morgan fingerprint density at radius 1 is 1.39 bits per heavy atom. The number of nitrogens with zero attached hydrogens (tertiary/aromatic N) is 2. The van der Waals surface area contributed by atoms with E-state index in [0.29, 0.717) is 12.2 Å². The first-order valence-corrected chi connectivity index (χ1v) is 5.81. The quantitative estimate of drug-likeness (QED) is 0.645. The Morgan fingerprint density at radius 3 is 2.50 bits per heavy atom. The summed E-state index contributed by atoms with van der Waals surface area (Å²) in [7, 11) is 1.72. The largest absolute Gasteiger partial charge is 0.328 e. The second kappa shape index (κ2) is 6.58. The zero-order valence-corrected chi connectivity index (χ0v) is 10.5. The Balaban J connectivity index is 2.56. The van der Waals surface area contributed by atoms with Crippen molar-refractivity contribution in [2.45, 2.75) is 19.8 Å². The number of carbonyl (C=O) groups is 1. The van der Waals surface area contributed by atoms with Crippen LogP contribution in [0.5, 0.6) is 0 Å². The van der Waals surface area contributed by atoms with Crippen molar-refractivity contribution in [2.75, 3.05) is 18.9 Å². The Bertz CT molecular complexity index is 417. The summed E-state index contributed by atoms with van der Waals surface area (Å²) in [6, 6.07) is 5.55. The van der Waals surface area contributed by atoms with Gasteiger partial charge in [0.2, 0.25) is 0 Å². The van der Waals surface area contributed by atoms with Gasteiger partial charge in [-0.05, 0) is 18.6 Å². The fourth-order valence-electron chi connectivity index (χ4n) is 1.38. The molecule has 1 aromatic carbocycles. The third-order valence-electron chi connectivity index (χ3n) is 2.52. The second-order valence-corrected chi connectivity index (χ2v) is 4.01. The highest BCUT2D eigenvalue weighted by Crippen LogP contribution is 2.15. The van der Waals surface area contributed by atoms with E-state index in [1.807, 2.05) is 0 Å².